The molecule has 6 atom stereocenters. The largest absolute Gasteiger partial charge is 2.00 e. The van der Waals surface area contributed by atoms with Crippen LogP contribution in [-0.2, 0) is 32.0 Å². The van der Waals surface area contributed by atoms with Crippen LogP contribution in [0.3, 0.4) is 0 Å². The summed E-state index contributed by atoms with van der Waals surface area (Å²) >= 11 is 0. The van der Waals surface area contributed by atoms with Crippen LogP contribution >= 0.6 is 0 Å². The number of rotatable bonds is 10. The Bertz CT molecular complexity index is 1200. The van der Waals surface area contributed by atoms with Crippen molar-refractivity contribution >= 4 is 61.5 Å². The first-order valence-electron chi connectivity index (χ1n) is 17.3. The first-order chi connectivity index (χ1) is 22.3. The molecule has 51 heavy (non-hydrogen) atoms. The van der Waals surface area contributed by atoms with Gasteiger partial charge in [-0.3, -0.25) is 9.59 Å². The van der Waals surface area contributed by atoms with Crippen molar-refractivity contribution in [3.8, 4) is 0 Å². The maximum Gasteiger partial charge on any atom is 2.00 e. The quantitative estimate of drug-likeness (QED) is 0.293. The van der Waals surface area contributed by atoms with Crippen molar-refractivity contribution in [2.24, 2.45) is 35.5 Å². The minimum absolute atomic E-state index is 0. The fourth-order valence-corrected chi connectivity index (χ4v) is 8.17. The van der Waals surface area contributed by atoms with Crippen LogP contribution in [0.1, 0.15) is 75.3 Å². The number of aliphatic carboxylic acids is 2. The monoisotopic (exact) mass is 740 g/mol. The Kier molecular flexibility index (Phi) is 22.7. The van der Waals surface area contributed by atoms with E-state index in [0.717, 1.165) is 37.3 Å². The summed E-state index contributed by atoms with van der Waals surface area (Å²) in [7, 11) is 0. The average Bonchev–Trinajstić information content (AvgIpc) is 3.70. The SMILES string of the molecule is O.O.O.O.O=C([O-])[C@H](CC(=O)N1C[C@H]2CCCC[C@H]2C1)Cc1ccccc1.O=C([O-])[C@H](CC(=O)N1C[C@H]2CCCC[C@H]2C1)Cc1ccccc1.[Ca+2]. The summed E-state index contributed by atoms with van der Waals surface area (Å²) in [4.78, 5) is 51.7. The van der Waals surface area contributed by atoms with Crippen molar-refractivity contribution in [3.63, 3.8) is 0 Å². The van der Waals surface area contributed by atoms with E-state index in [4.69, 9.17) is 0 Å². The van der Waals surface area contributed by atoms with Gasteiger partial charge in [0, 0.05) is 62.8 Å². The van der Waals surface area contributed by atoms with E-state index in [-0.39, 0.29) is 84.3 Å². The third kappa shape index (κ3) is 14.1. The Morgan fingerprint density at radius 2 is 0.804 bits per heavy atom. The summed E-state index contributed by atoms with van der Waals surface area (Å²) in [5.41, 5.74) is 1.87. The number of carbonyl (C=O) groups is 4. The molecule has 2 heterocycles. The third-order valence-electron chi connectivity index (χ3n) is 10.8. The molecule has 2 saturated heterocycles. The minimum Gasteiger partial charge on any atom is -0.550 e. The van der Waals surface area contributed by atoms with Crippen molar-refractivity contribution in [1.82, 2.24) is 9.80 Å². The van der Waals surface area contributed by atoms with Gasteiger partial charge in [0.15, 0.2) is 0 Å². The van der Waals surface area contributed by atoms with Gasteiger partial charge in [0.1, 0.15) is 0 Å². The number of carboxylic acids is 2. The van der Waals surface area contributed by atoms with E-state index in [1.165, 1.54) is 51.4 Å². The Hall–Kier alpha value is -2.58. The van der Waals surface area contributed by atoms with E-state index >= 15 is 0 Å². The van der Waals surface area contributed by atoms with E-state index in [9.17, 15) is 29.4 Å². The number of amides is 2. The van der Waals surface area contributed by atoms with Crippen LogP contribution in [0, 0.1) is 35.5 Å². The average molecular weight is 741 g/mol. The molecule has 0 spiro atoms. The molecular weight excluding hydrogens is 684 g/mol. The number of hydrogen-bond acceptors (Lipinski definition) is 6. The summed E-state index contributed by atoms with van der Waals surface area (Å²) in [6.45, 7) is 3.26. The molecular formula is C38H56CaN2O10. The second kappa shape index (κ2) is 23.9. The molecule has 0 bridgehead atoms. The molecule has 12 nitrogen and oxygen atoms in total. The summed E-state index contributed by atoms with van der Waals surface area (Å²) in [5, 5.41) is 22.8. The van der Waals surface area contributed by atoms with Crippen LogP contribution in [0.4, 0.5) is 0 Å². The molecule has 2 aromatic rings. The number of hydrogen-bond donors (Lipinski definition) is 0. The van der Waals surface area contributed by atoms with Gasteiger partial charge in [-0.05, 0) is 73.3 Å². The van der Waals surface area contributed by atoms with Crippen molar-refractivity contribution in [3.05, 3.63) is 71.8 Å². The van der Waals surface area contributed by atoms with Crippen LogP contribution in [0.2, 0.25) is 0 Å². The van der Waals surface area contributed by atoms with Gasteiger partial charge in [0.25, 0.3) is 0 Å². The molecule has 2 amide bonds. The van der Waals surface area contributed by atoms with Gasteiger partial charge in [0.05, 0.1) is 0 Å². The second-order valence-electron chi connectivity index (χ2n) is 14.0. The van der Waals surface area contributed by atoms with Crippen LogP contribution in [0.25, 0.3) is 0 Å². The summed E-state index contributed by atoms with van der Waals surface area (Å²) in [6, 6.07) is 18.9. The molecule has 0 aromatic heterocycles. The van der Waals surface area contributed by atoms with Gasteiger partial charge >= 0.3 is 37.7 Å². The normalized spacial score (nSPS) is 22.5. The Morgan fingerprint density at radius 3 is 1.06 bits per heavy atom. The molecule has 4 fully saturated rings. The summed E-state index contributed by atoms with van der Waals surface area (Å²) < 4.78 is 0. The third-order valence-corrected chi connectivity index (χ3v) is 10.8. The second-order valence-corrected chi connectivity index (χ2v) is 14.0. The van der Waals surface area contributed by atoms with Gasteiger partial charge in [-0.2, -0.15) is 0 Å². The first-order valence-corrected chi connectivity index (χ1v) is 17.3. The van der Waals surface area contributed by atoms with Gasteiger partial charge < -0.3 is 51.5 Å². The smallest absolute Gasteiger partial charge is 0.550 e. The van der Waals surface area contributed by atoms with Gasteiger partial charge in [-0.1, -0.05) is 86.3 Å². The van der Waals surface area contributed by atoms with Crippen molar-refractivity contribution < 1.29 is 51.3 Å². The minimum atomic E-state index is -1.13. The molecule has 0 radical (unpaired) electrons. The van der Waals surface area contributed by atoms with Crippen molar-refractivity contribution in [1.29, 1.82) is 0 Å². The van der Waals surface area contributed by atoms with Gasteiger partial charge in [-0.15, -0.1) is 0 Å². The summed E-state index contributed by atoms with van der Waals surface area (Å²) in [6.07, 6.45) is 10.7. The summed E-state index contributed by atoms with van der Waals surface area (Å²) in [5.74, 6) is -1.27. The molecule has 2 aliphatic heterocycles. The van der Waals surface area contributed by atoms with Crippen molar-refractivity contribution in [2.75, 3.05) is 26.2 Å². The fourth-order valence-electron chi connectivity index (χ4n) is 8.17. The number of carboxylic acid groups (broad SMARTS) is 2. The maximum atomic E-state index is 12.5. The van der Waals surface area contributed by atoms with E-state index < -0.39 is 23.8 Å². The molecule has 2 saturated carbocycles. The molecule has 280 valence electrons. The number of benzene rings is 2. The van der Waals surface area contributed by atoms with E-state index in [0.29, 0.717) is 36.5 Å². The zero-order valence-electron chi connectivity index (χ0n) is 29.6. The number of likely N-dealkylation sites (tertiary alicyclic amines) is 2. The molecule has 2 aliphatic carbocycles. The van der Waals surface area contributed by atoms with Gasteiger partial charge in [0.2, 0.25) is 11.8 Å². The first kappa shape index (κ1) is 48.4. The Morgan fingerprint density at radius 1 is 0.529 bits per heavy atom. The van der Waals surface area contributed by atoms with E-state index in [2.05, 4.69) is 0 Å². The van der Waals surface area contributed by atoms with E-state index in [1.807, 2.05) is 70.5 Å². The maximum absolute atomic E-state index is 12.5. The van der Waals surface area contributed by atoms with E-state index in [1.54, 1.807) is 0 Å². The Balaban J connectivity index is 0.000000893. The van der Waals surface area contributed by atoms with Gasteiger partial charge in [-0.25, -0.2) is 0 Å². The molecule has 0 unspecified atom stereocenters. The standard InChI is InChI=1S/2C19H25NO3.Ca.4H2O/c2*21-18(20-12-15-8-4-5-9-16(15)13-20)11-17(19(22)23)10-14-6-2-1-3-7-14;;;;;/h2*1-3,6-7,15-17H,4-5,8-13H2,(H,22,23);;4*1H2/q;;+2;;;;/p-2/t2*15-,16+,17-;;;;;/m00...../s1. The topological polar surface area (TPSA) is 247 Å². The molecule has 2 aromatic carbocycles. The molecule has 6 rings (SSSR count). The molecule has 8 N–H and O–H groups in total. The predicted octanol–water partition coefficient (Wildman–Crippen LogP) is -0.412. The number of carbonyl (C=O) groups excluding carboxylic acids is 4. The van der Waals surface area contributed by atoms with Crippen LogP contribution in [0.15, 0.2) is 60.7 Å². The van der Waals surface area contributed by atoms with Crippen molar-refractivity contribution in [2.45, 2.75) is 77.0 Å². The van der Waals surface area contributed by atoms with Crippen LogP contribution in [0.5, 0.6) is 0 Å². The predicted molar refractivity (Wildman–Crippen MR) is 191 cm³/mol. The molecule has 4 aliphatic rings. The number of nitrogens with zero attached hydrogens (tertiary/aromatic N) is 2. The number of fused-ring (bicyclic) bond motifs is 2. The zero-order valence-corrected chi connectivity index (χ0v) is 31.8. The van der Waals surface area contributed by atoms with Crippen LogP contribution < -0.4 is 10.2 Å². The Labute approximate surface area is 331 Å². The fraction of sp³-hybridized carbons (Fsp3) is 0.579. The van der Waals surface area contributed by atoms with Crippen LogP contribution in [-0.4, -0.2) is 119 Å². The zero-order chi connectivity index (χ0) is 32.5. The molecule has 13 heteroatoms.